The minimum Gasteiger partial charge on any atom is -0.381 e. The fourth-order valence-electron chi connectivity index (χ4n) is 1.62. The van der Waals surface area contributed by atoms with Gasteiger partial charge in [0.25, 0.3) is 0 Å². The van der Waals surface area contributed by atoms with Crippen molar-refractivity contribution in [3.05, 3.63) is 0 Å². The number of ether oxygens (including phenoxy) is 2. The van der Waals surface area contributed by atoms with Crippen LogP contribution >= 0.6 is 12.6 Å². The van der Waals surface area contributed by atoms with E-state index in [0.717, 1.165) is 0 Å². The Bertz CT molecular complexity index is 232. The van der Waals surface area contributed by atoms with Crippen molar-refractivity contribution in [2.24, 2.45) is 5.41 Å². The van der Waals surface area contributed by atoms with Crippen LogP contribution in [0.15, 0.2) is 0 Å². The molecule has 0 aromatic rings. The number of thiol groups is 1. The molecule has 0 saturated carbocycles. The maximum absolute atomic E-state index is 12.6. The van der Waals surface area contributed by atoms with Crippen LogP contribution in [-0.4, -0.2) is 44.5 Å². The fraction of sp³-hybridized carbons (Fsp3) is 1.00. The topological polar surface area (TPSA) is 18.5 Å². The molecule has 0 atom stereocenters. The van der Waals surface area contributed by atoms with E-state index in [2.05, 4.69) is 12.6 Å². The van der Waals surface area contributed by atoms with Gasteiger partial charge in [-0.3, -0.25) is 0 Å². The first-order valence-corrected chi connectivity index (χ1v) is 5.97. The predicted octanol–water partition coefficient (Wildman–Crippen LogP) is 2.63. The van der Waals surface area contributed by atoms with Crippen LogP contribution in [0, 0.1) is 5.41 Å². The first-order chi connectivity index (χ1) is 7.92. The summed E-state index contributed by atoms with van der Waals surface area (Å²) in [5.41, 5.74) is -0.334. The Hall–Kier alpha value is -0.0100. The molecular weight excluding hydrogens is 260 g/mol. The van der Waals surface area contributed by atoms with Crippen molar-refractivity contribution < 1.29 is 27.0 Å². The summed E-state index contributed by atoms with van der Waals surface area (Å²) < 4.78 is 58.9. The highest BCUT2D eigenvalue weighted by Gasteiger charge is 2.42. The summed E-state index contributed by atoms with van der Waals surface area (Å²) in [6.45, 7) is -0.187. The molecular formula is C10H16F4O2S. The summed E-state index contributed by atoms with van der Waals surface area (Å²) in [6.07, 6.45) is -2.39. The average Bonchev–Trinajstić information content (AvgIpc) is 2.30. The van der Waals surface area contributed by atoms with E-state index in [-0.39, 0.29) is 12.0 Å². The Morgan fingerprint density at radius 3 is 2.35 bits per heavy atom. The first-order valence-electron chi connectivity index (χ1n) is 5.34. The first kappa shape index (κ1) is 15.0. The molecule has 0 amide bonds. The van der Waals surface area contributed by atoms with Gasteiger partial charge in [0.05, 0.1) is 6.61 Å². The lowest BCUT2D eigenvalue weighted by molar-refractivity contribution is -0.174. The molecule has 0 N–H and O–H groups in total. The second kappa shape index (κ2) is 6.24. The van der Waals surface area contributed by atoms with E-state index in [1.165, 1.54) is 0 Å². The van der Waals surface area contributed by atoms with Crippen molar-refractivity contribution in [1.29, 1.82) is 0 Å². The zero-order valence-corrected chi connectivity index (χ0v) is 10.2. The van der Waals surface area contributed by atoms with Gasteiger partial charge >= 0.3 is 12.3 Å². The van der Waals surface area contributed by atoms with Crippen LogP contribution in [0.25, 0.3) is 0 Å². The number of rotatable bonds is 6. The Morgan fingerprint density at radius 2 is 1.88 bits per heavy atom. The number of alkyl halides is 4. The molecule has 17 heavy (non-hydrogen) atoms. The highest BCUT2D eigenvalue weighted by molar-refractivity contribution is 7.80. The van der Waals surface area contributed by atoms with Gasteiger partial charge in [-0.15, -0.1) is 0 Å². The van der Waals surface area contributed by atoms with Gasteiger partial charge in [-0.1, -0.05) is 0 Å². The molecule has 102 valence electrons. The molecule has 0 spiro atoms. The third-order valence-corrected chi connectivity index (χ3v) is 3.58. The van der Waals surface area contributed by atoms with Gasteiger partial charge in [-0.2, -0.15) is 21.4 Å². The van der Waals surface area contributed by atoms with E-state index in [9.17, 15) is 17.6 Å². The third-order valence-electron chi connectivity index (χ3n) is 2.91. The van der Waals surface area contributed by atoms with Crippen molar-refractivity contribution in [3.8, 4) is 0 Å². The van der Waals surface area contributed by atoms with E-state index in [4.69, 9.17) is 9.47 Å². The Kier molecular flexibility index (Phi) is 5.53. The van der Waals surface area contributed by atoms with Crippen LogP contribution in [0.3, 0.4) is 0 Å². The Morgan fingerprint density at radius 1 is 1.29 bits per heavy atom. The summed E-state index contributed by atoms with van der Waals surface area (Å²) in [4.78, 5) is 0. The lowest BCUT2D eigenvalue weighted by Gasteiger charge is -2.35. The van der Waals surface area contributed by atoms with Crippen LogP contribution in [-0.2, 0) is 9.47 Å². The zero-order chi connectivity index (χ0) is 12.9. The molecule has 1 aliphatic heterocycles. The number of hydrogen-bond acceptors (Lipinski definition) is 3. The summed E-state index contributed by atoms with van der Waals surface area (Å²) in [5.74, 6) is -3.61. The minimum atomic E-state index is -4.08. The van der Waals surface area contributed by atoms with Gasteiger partial charge in [0.15, 0.2) is 0 Å². The van der Waals surface area contributed by atoms with Crippen molar-refractivity contribution in [1.82, 2.24) is 0 Å². The Balaban J connectivity index is 2.38. The van der Waals surface area contributed by atoms with Crippen LogP contribution < -0.4 is 0 Å². The molecule has 7 heteroatoms. The van der Waals surface area contributed by atoms with E-state index in [0.29, 0.717) is 31.8 Å². The smallest absolute Gasteiger partial charge is 0.330 e. The number of halogens is 4. The number of hydrogen-bond donors (Lipinski definition) is 1. The van der Waals surface area contributed by atoms with Gasteiger partial charge in [0.2, 0.25) is 0 Å². The highest BCUT2D eigenvalue weighted by Crippen LogP contribution is 2.33. The van der Waals surface area contributed by atoms with Gasteiger partial charge < -0.3 is 9.47 Å². The van der Waals surface area contributed by atoms with Crippen molar-refractivity contribution in [2.45, 2.75) is 25.2 Å². The second-order valence-electron chi connectivity index (χ2n) is 4.33. The van der Waals surface area contributed by atoms with E-state index < -0.39 is 19.0 Å². The molecule has 2 nitrogen and oxygen atoms in total. The lowest BCUT2D eigenvalue weighted by atomic mass is 9.83. The van der Waals surface area contributed by atoms with Gasteiger partial charge in [-0.05, 0) is 18.6 Å². The monoisotopic (exact) mass is 276 g/mol. The average molecular weight is 276 g/mol. The SMILES string of the molecule is FC(F)C(F)(F)COCC1(CS)CCOCC1. The lowest BCUT2D eigenvalue weighted by Crippen LogP contribution is -2.39. The molecule has 1 rings (SSSR count). The molecule has 1 fully saturated rings. The van der Waals surface area contributed by atoms with E-state index in [1.807, 2.05) is 0 Å². The predicted molar refractivity (Wildman–Crippen MR) is 58.1 cm³/mol. The molecule has 0 aromatic heterocycles. The van der Waals surface area contributed by atoms with E-state index >= 15 is 0 Å². The van der Waals surface area contributed by atoms with E-state index in [1.54, 1.807) is 0 Å². The molecule has 1 saturated heterocycles. The molecule has 0 aliphatic carbocycles. The summed E-state index contributed by atoms with van der Waals surface area (Å²) in [7, 11) is 0. The van der Waals surface area contributed by atoms with Crippen LogP contribution in [0.1, 0.15) is 12.8 Å². The zero-order valence-electron chi connectivity index (χ0n) is 9.30. The van der Waals surface area contributed by atoms with Gasteiger partial charge in [-0.25, -0.2) is 8.78 Å². The quantitative estimate of drug-likeness (QED) is 0.594. The molecule has 0 aromatic carbocycles. The molecule has 1 aliphatic rings. The van der Waals surface area contributed by atoms with Crippen LogP contribution in [0.2, 0.25) is 0 Å². The normalized spacial score (nSPS) is 20.8. The maximum atomic E-state index is 12.6. The third kappa shape index (κ3) is 4.30. The van der Waals surface area contributed by atoms with Gasteiger partial charge in [0.1, 0.15) is 6.61 Å². The largest absolute Gasteiger partial charge is 0.381 e. The second-order valence-corrected chi connectivity index (χ2v) is 4.64. The molecule has 0 bridgehead atoms. The standard InChI is InChI=1S/C10H16F4O2S/c11-8(12)10(13,14)6-16-5-9(7-17)1-3-15-4-2-9/h8,17H,1-7H2. The van der Waals surface area contributed by atoms with Crippen molar-refractivity contribution in [2.75, 3.05) is 32.2 Å². The van der Waals surface area contributed by atoms with Crippen molar-refractivity contribution >= 4 is 12.6 Å². The molecule has 0 unspecified atom stereocenters. The molecule has 0 radical (unpaired) electrons. The molecule has 1 heterocycles. The maximum Gasteiger partial charge on any atom is 0.330 e. The van der Waals surface area contributed by atoms with Gasteiger partial charge in [0, 0.05) is 18.6 Å². The minimum absolute atomic E-state index is 0.0160. The summed E-state index contributed by atoms with van der Waals surface area (Å²) in [6, 6.07) is 0. The van der Waals surface area contributed by atoms with Crippen LogP contribution in [0.5, 0.6) is 0 Å². The fourth-order valence-corrected chi connectivity index (χ4v) is 2.03. The van der Waals surface area contributed by atoms with Crippen molar-refractivity contribution in [3.63, 3.8) is 0 Å². The summed E-state index contributed by atoms with van der Waals surface area (Å²) in [5, 5.41) is 0. The van der Waals surface area contributed by atoms with Crippen LogP contribution in [0.4, 0.5) is 17.6 Å². The summed E-state index contributed by atoms with van der Waals surface area (Å²) >= 11 is 4.16. The highest BCUT2D eigenvalue weighted by atomic mass is 32.1. The Labute approximate surface area is 103 Å².